The number of ether oxygens (including phenoxy) is 1. The van der Waals surface area contributed by atoms with Crippen molar-refractivity contribution in [1.82, 2.24) is 9.78 Å². The Morgan fingerprint density at radius 2 is 1.96 bits per heavy atom. The third kappa shape index (κ3) is 3.95. The Hall–Kier alpha value is -1.67. The highest BCUT2D eigenvalue weighted by Gasteiger charge is 2.45. The van der Waals surface area contributed by atoms with Crippen LogP contribution in [0.15, 0.2) is 5.16 Å². The van der Waals surface area contributed by atoms with E-state index in [9.17, 15) is 35.4 Å². The van der Waals surface area contributed by atoms with E-state index in [2.05, 4.69) is 19.8 Å². The zero-order valence-electron chi connectivity index (χ0n) is 12.7. The summed E-state index contributed by atoms with van der Waals surface area (Å²) in [4.78, 5) is 4.52. The number of hydrogen-bond donors (Lipinski definition) is 2. The van der Waals surface area contributed by atoms with Crippen LogP contribution in [0.4, 0.5) is 26.3 Å². The summed E-state index contributed by atoms with van der Waals surface area (Å²) in [5, 5.41) is 5.27. The lowest BCUT2D eigenvalue weighted by Gasteiger charge is -2.32. The van der Waals surface area contributed by atoms with Gasteiger partial charge in [-0.2, -0.15) is 27.1 Å². The number of rotatable bonds is 4. The van der Waals surface area contributed by atoms with Crippen LogP contribution in [0.3, 0.4) is 0 Å². The monoisotopic (exact) mass is 397 g/mol. The van der Waals surface area contributed by atoms with Crippen molar-refractivity contribution in [2.45, 2.75) is 37.7 Å². The number of alkyl halides is 6. The summed E-state index contributed by atoms with van der Waals surface area (Å²) >= 11 is 0. The second kappa shape index (κ2) is 6.57. The molecule has 0 saturated heterocycles. The van der Waals surface area contributed by atoms with Crippen molar-refractivity contribution in [2.24, 2.45) is 12.2 Å². The summed E-state index contributed by atoms with van der Waals surface area (Å²) in [6, 6.07) is 0. The largest absolute Gasteiger partial charge is 0.435 e. The highest BCUT2D eigenvalue weighted by atomic mass is 32.3. The van der Waals surface area contributed by atoms with Gasteiger partial charge in [0.1, 0.15) is 0 Å². The van der Waals surface area contributed by atoms with E-state index in [1.165, 1.54) is 6.92 Å². The van der Waals surface area contributed by atoms with E-state index in [1.54, 1.807) is 0 Å². The van der Waals surface area contributed by atoms with Gasteiger partial charge in [0.25, 0.3) is 0 Å². The van der Waals surface area contributed by atoms with Crippen LogP contribution in [0.5, 0.6) is 5.88 Å². The minimum Gasteiger partial charge on any atom is -0.417 e. The number of aryl methyl sites for hydroxylation is 1. The van der Waals surface area contributed by atoms with E-state index in [4.69, 9.17) is 0 Å². The molecular formula is C11H13F6N3O4S. The molecule has 2 atom stereocenters. The lowest BCUT2D eigenvalue weighted by Crippen LogP contribution is -2.27. The maximum atomic E-state index is 13.9. The van der Waals surface area contributed by atoms with Crippen LogP contribution in [0.25, 0.3) is 0 Å². The number of aromatic nitrogens is 2. The third-order valence-electron chi connectivity index (χ3n) is 3.19. The predicted octanol–water partition coefficient (Wildman–Crippen LogP) is 3.36. The first-order valence-electron chi connectivity index (χ1n) is 6.56. The van der Waals surface area contributed by atoms with Gasteiger partial charge in [0.05, 0.1) is 11.3 Å². The van der Waals surface area contributed by atoms with Crippen LogP contribution >= 0.6 is 10.6 Å². The molecule has 1 aliphatic heterocycles. The molecule has 0 radical (unpaired) electrons. The standard InChI is InChI=1S/C11H13F6N3O4S/c1-4-6(12)8(19-24-4)25(21,22)3-5-7(11(15,16)17)18-20(2)9(5)23-10(13)14/h4,6,10,21-22H,3H2,1-2H3. The van der Waals surface area contributed by atoms with Crippen LogP contribution in [0, 0.1) is 0 Å². The van der Waals surface area contributed by atoms with Crippen molar-refractivity contribution in [3.05, 3.63) is 11.3 Å². The molecule has 1 aromatic heterocycles. The maximum absolute atomic E-state index is 13.9. The lowest BCUT2D eigenvalue weighted by atomic mass is 10.2. The Morgan fingerprint density at radius 3 is 2.40 bits per heavy atom. The van der Waals surface area contributed by atoms with E-state index in [1.807, 2.05) is 0 Å². The number of halogens is 6. The third-order valence-corrected chi connectivity index (χ3v) is 4.86. The van der Waals surface area contributed by atoms with Crippen LogP contribution in [0.2, 0.25) is 0 Å². The van der Waals surface area contributed by atoms with Crippen molar-refractivity contribution in [2.75, 3.05) is 0 Å². The molecule has 2 unspecified atom stereocenters. The summed E-state index contributed by atoms with van der Waals surface area (Å²) in [6.07, 6.45) is -8.34. The van der Waals surface area contributed by atoms with Gasteiger partial charge in [0.2, 0.25) is 10.9 Å². The first kappa shape index (κ1) is 19.7. The second-order valence-corrected chi connectivity index (χ2v) is 7.13. The molecule has 0 spiro atoms. The molecular weight excluding hydrogens is 384 g/mol. The van der Waals surface area contributed by atoms with Crippen molar-refractivity contribution in [1.29, 1.82) is 0 Å². The lowest BCUT2D eigenvalue weighted by molar-refractivity contribution is -0.142. The fourth-order valence-electron chi connectivity index (χ4n) is 2.10. The smallest absolute Gasteiger partial charge is 0.417 e. The van der Waals surface area contributed by atoms with Crippen LogP contribution < -0.4 is 4.74 Å². The van der Waals surface area contributed by atoms with Gasteiger partial charge >= 0.3 is 12.8 Å². The SMILES string of the molecule is CC1ON=C(S(O)(O)Cc2c(C(F)(F)F)nn(C)c2OC(F)F)C1F. The minimum absolute atomic E-state index is 0.377. The molecule has 0 fully saturated rings. The van der Waals surface area contributed by atoms with Gasteiger partial charge in [-0.05, 0) is 6.92 Å². The van der Waals surface area contributed by atoms with Gasteiger partial charge in [-0.1, -0.05) is 5.16 Å². The fraction of sp³-hybridized carbons (Fsp3) is 0.636. The zero-order chi connectivity index (χ0) is 19.2. The molecule has 0 aliphatic carbocycles. The molecule has 2 rings (SSSR count). The Kier molecular flexibility index (Phi) is 5.16. The highest BCUT2D eigenvalue weighted by molar-refractivity contribution is 8.36. The van der Waals surface area contributed by atoms with Gasteiger partial charge in [0.15, 0.2) is 18.0 Å². The molecule has 14 heteroatoms. The summed E-state index contributed by atoms with van der Waals surface area (Å²) in [5.74, 6) is -2.29. The van der Waals surface area contributed by atoms with Gasteiger partial charge in [-0.25, -0.2) is 9.07 Å². The summed E-state index contributed by atoms with van der Waals surface area (Å²) in [7, 11) is -3.35. The van der Waals surface area contributed by atoms with E-state index < -0.39 is 63.6 Å². The molecule has 7 nitrogen and oxygen atoms in total. The normalized spacial score (nSPS) is 22.1. The molecule has 0 bridgehead atoms. The highest BCUT2D eigenvalue weighted by Crippen LogP contribution is 2.51. The average Bonchev–Trinajstić information content (AvgIpc) is 2.93. The van der Waals surface area contributed by atoms with Crippen LogP contribution in [0.1, 0.15) is 18.2 Å². The average molecular weight is 397 g/mol. The number of oxime groups is 1. The van der Waals surface area contributed by atoms with E-state index in [0.717, 1.165) is 7.05 Å². The molecule has 0 saturated carbocycles. The fourth-order valence-corrected chi connectivity index (χ4v) is 3.62. The summed E-state index contributed by atoms with van der Waals surface area (Å²) < 4.78 is 103. The van der Waals surface area contributed by atoms with Crippen LogP contribution in [-0.4, -0.2) is 42.8 Å². The first-order chi connectivity index (χ1) is 11.3. The van der Waals surface area contributed by atoms with Gasteiger partial charge in [-0.3, -0.25) is 9.11 Å². The number of hydrogen-bond acceptors (Lipinski definition) is 6. The van der Waals surface area contributed by atoms with Gasteiger partial charge in [0, 0.05) is 7.05 Å². The van der Waals surface area contributed by atoms with E-state index >= 15 is 0 Å². The Labute approximate surface area is 138 Å². The number of nitrogens with zero attached hydrogens (tertiary/aromatic N) is 3. The van der Waals surface area contributed by atoms with E-state index in [0.29, 0.717) is 4.68 Å². The summed E-state index contributed by atoms with van der Waals surface area (Å²) in [5.41, 5.74) is -2.71. The Balaban J connectivity index is 2.46. The van der Waals surface area contributed by atoms with Gasteiger partial charge in [-0.15, -0.1) is 10.6 Å². The maximum Gasteiger partial charge on any atom is 0.435 e. The molecule has 2 heterocycles. The molecule has 1 aliphatic rings. The van der Waals surface area contributed by atoms with Crippen molar-refractivity contribution < 1.29 is 45.0 Å². The van der Waals surface area contributed by atoms with Gasteiger partial charge < -0.3 is 9.57 Å². The zero-order valence-corrected chi connectivity index (χ0v) is 13.5. The molecule has 1 aromatic rings. The second-order valence-electron chi connectivity index (χ2n) is 5.09. The van der Waals surface area contributed by atoms with Crippen molar-refractivity contribution in [3.8, 4) is 5.88 Å². The Bertz CT molecular complexity index is 678. The van der Waals surface area contributed by atoms with Crippen LogP contribution in [-0.2, 0) is 23.8 Å². The molecule has 25 heavy (non-hydrogen) atoms. The molecule has 0 amide bonds. The predicted molar refractivity (Wildman–Crippen MR) is 74.3 cm³/mol. The quantitative estimate of drug-likeness (QED) is 0.761. The molecule has 2 N–H and O–H groups in total. The molecule has 0 aromatic carbocycles. The summed E-state index contributed by atoms with van der Waals surface area (Å²) in [6.45, 7) is -2.27. The molecule has 144 valence electrons. The van der Waals surface area contributed by atoms with Crippen molar-refractivity contribution >= 4 is 15.6 Å². The Morgan fingerprint density at radius 1 is 1.36 bits per heavy atom. The van der Waals surface area contributed by atoms with Crippen molar-refractivity contribution in [3.63, 3.8) is 0 Å². The van der Waals surface area contributed by atoms with E-state index in [-0.39, 0.29) is 0 Å². The first-order valence-corrected chi connectivity index (χ1v) is 8.27. The minimum atomic E-state index is -5.09. The topological polar surface area (TPSA) is 89.1 Å².